The van der Waals surface area contributed by atoms with Crippen molar-refractivity contribution in [2.75, 3.05) is 19.6 Å². The van der Waals surface area contributed by atoms with Gasteiger partial charge in [0.2, 0.25) is 5.62 Å². The van der Waals surface area contributed by atoms with E-state index in [1.165, 1.54) is 12.8 Å². The number of aliphatic hydroxyl groups excluding tert-OH is 1. The molecular formula is C19H25ClN4O2. The highest BCUT2D eigenvalue weighted by Crippen LogP contribution is 2.19. The van der Waals surface area contributed by atoms with Gasteiger partial charge in [0.25, 0.3) is 0 Å². The number of rotatable bonds is 6. The van der Waals surface area contributed by atoms with Crippen LogP contribution < -0.4 is 5.62 Å². The van der Waals surface area contributed by atoms with E-state index in [2.05, 4.69) is 4.90 Å². The minimum Gasteiger partial charge on any atom is -0.467 e. The summed E-state index contributed by atoms with van der Waals surface area (Å²) < 4.78 is 9.21. The van der Waals surface area contributed by atoms with Gasteiger partial charge in [0, 0.05) is 13.1 Å². The van der Waals surface area contributed by atoms with E-state index in [1.54, 1.807) is 18.4 Å². The Morgan fingerprint density at radius 2 is 1.69 bits per heavy atom. The first-order valence-corrected chi connectivity index (χ1v) is 8.90. The van der Waals surface area contributed by atoms with Gasteiger partial charge in [-0.2, -0.15) is 0 Å². The number of hydrogen-bond acceptors (Lipinski definition) is 4. The molecule has 3 aromatic rings. The molecule has 0 bridgehead atoms. The normalized spacial score (nSPS) is 16.0. The van der Waals surface area contributed by atoms with Gasteiger partial charge in [-0.15, -0.1) is 12.4 Å². The van der Waals surface area contributed by atoms with E-state index in [0.29, 0.717) is 17.9 Å². The fourth-order valence-corrected chi connectivity index (χ4v) is 3.70. The molecule has 6 nitrogen and oxygen atoms in total. The van der Waals surface area contributed by atoms with Gasteiger partial charge >= 0.3 is 0 Å². The fraction of sp³-hybridized carbons (Fsp3) is 0.421. The van der Waals surface area contributed by atoms with Crippen molar-refractivity contribution in [2.45, 2.75) is 32.0 Å². The zero-order valence-corrected chi connectivity index (χ0v) is 15.5. The van der Waals surface area contributed by atoms with Crippen molar-refractivity contribution >= 4 is 23.4 Å². The van der Waals surface area contributed by atoms with Crippen LogP contribution in [0.4, 0.5) is 0 Å². The second-order valence-corrected chi connectivity index (χ2v) is 6.65. The number of aromatic nitrogens is 2. The fourth-order valence-electron chi connectivity index (χ4n) is 3.70. The summed E-state index contributed by atoms with van der Waals surface area (Å²) in [6, 6.07) is 11.6. The third-order valence-electron chi connectivity index (χ3n) is 5.04. The topological polar surface area (TPSA) is 70.3 Å². The average molecular weight is 377 g/mol. The minimum atomic E-state index is -0.762. The summed E-state index contributed by atoms with van der Waals surface area (Å²) in [6.07, 6.45) is 3.34. The summed E-state index contributed by atoms with van der Waals surface area (Å²) in [5.74, 6) is 0.529. The molecule has 1 aliphatic heterocycles. The summed E-state index contributed by atoms with van der Waals surface area (Å²) in [6.45, 7) is 4.38. The van der Waals surface area contributed by atoms with E-state index < -0.39 is 6.10 Å². The predicted octanol–water partition coefficient (Wildman–Crippen LogP) is 2.77. The van der Waals surface area contributed by atoms with E-state index in [0.717, 1.165) is 37.2 Å². The van der Waals surface area contributed by atoms with Crippen molar-refractivity contribution in [3.05, 3.63) is 54.0 Å². The number of nitrogens with zero attached hydrogens (tertiary/aromatic N) is 3. The zero-order chi connectivity index (χ0) is 17.2. The molecule has 2 N–H and O–H groups in total. The van der Waals surface area contributed by atoms with Gasteiger partial charge in [0.1, 0.15) is 11.9 Å². The summed E-state index contributed by atoms with van der Waals surface area (Å²) in [4.78, 5) is 2.45. The lowest BCUT2D eigenvalue weighted by atomic mass is 10.2. The van der Waals surface area contributed by atoms with Crippen molar-refractivity contribution in [2.24, 2.45) is 0 Å². The van der Waals surface area contributed by atoms with E-state index in [9.17, 15) is 5.11 Å². The van der Waals surface area contributed by atoms with Crippen molar-refractivity contribution in [1.82, 2.24) is 14.0 Å². The first-order chi connectivity index (χ1) is 12.2. The number of hydrogen-bond donors (Lipinski definition) is 2. The molecule has 2 aromatic heterocycles. The highest BCUT2D eigenvalue weighted by molar-refractivity contribution is 5.85. The van der Waals surface area contributed by atoms with Crippen LogP contribution in [0.25, 0.3) is 11.0 Å². The molecule has 1 saturated heterocycles. The maximum absolute atomic E-state index is 10.4. The Morgan fingerprint density at radius 3 is 2.35 bits per heavy atom. The van der Waals surface area contributed by atoms with Crippen LogP contribution in [-0.4, -0.2) is 38.8 Å². The summed E-state index contributed by atoms with van der Waals surface area (Å²) >= 11 is 0. The van der Waals surface area contributed by atoms with E-state index in [1.807, 2.05) is 33.4 Å². The quantitative estimate of drug-likeness (QED) is 0.695. The molecule has 1 aromatic carbocycles. The van der Waals surface area contributed by atoms with Gasteiger partial charge in [0.05, 0.1) is 23.8 Å². The SMILES string of the molecule is Cl.N=c1n(CCN2CCCC2)c2ccccc2n1CC(O)c1ccco1. The summed E-state index contributed by atoms with van der Waals surface area (Å²) in [5, 5.41) is 19.1. The lowest BCUT2D eigenvalue weighted by Gasteiger charge is -2.15. The van der Waals surface area contributed by atoms with E-state index >= 15 is 0 Å². The van der Waals surface area contributed by atoms with E-state index in [4.69, 9.17) is 9.83 Å². The first-order valence-electron chi connectivity index (χ1n) is 8.90. The maximum atomic E-state index is 10.4. The molecule has 0 spiro atoms. The minimum absolute atomic E-state index is 0. The Morgan fingerprint density at radius 1 is 1.00 bits per heavy atom. The molecule has 1 fully saturated rings. The monoisotopic (exact) mass is 376 g/mol. The van der Waals surface area contributed by atoms with Gasteiger partial charge in [0.15, 0.2) is 0 Å². The molecule has 0 amide bonds. The molecule has 1 atom stereocenters. The van der Waals surface area contributed by atoms with Crippen LogP contribution >= 0.6 is 12.4 Å². The Kier molecular flexibility index (Phi) is 5.86. The van der Waals surface area contributed by atoms with Crippen LogP contribution in [-0.2, 0) is 13.1 Å². The maximum Gasteiger partial charge on any atom is 0.203 e. The number of fused-ring (bicyclic) bond motifs is 1. The Hall–Kier alpha value is -2.02. The number of para-hydroxylation sites is 2. The highest BCUT2D eigenvalue weighted by Gasteiger charge is 2.18. The molecule has 0 saturated carbocycles. The van der Waals surface area contributed by atoms with Crippen LogP contribution in [0.1, 0.15) is 24.7 Å². The standard InChI is InChI=1S/C19H24N4O2.ClH/c20-19-22(12-11-21-9-3-4-10-21)15-6-1-2-7-16(15)23(19)14-17(24)18-8-5-13-25-18;/h1-2,5-8,13,17,20,24H,3-4,9-12,14H2;1H. The smallest absolute Gasteiger partial charge is 0.203 e. The molecule has 26 heavy (non-hydrogen) atoms. The highest BCUT2D eigenvalue weighted by atomic mass is 35.5. The molecule has 0 radical (unpaired) electrons. The Bertz CT molecular complexity index is 894. The first kappa shape index (κ1) is 18.8. The molecule has 0 aliphatic carbocycles. The number of furan rings is 1. The largest absolute Gasteiger partial charge is 0.467 e. The summed E-state index contributed by atoms with van der Waals surface area (Å²) in [7, 11) is 0. The Balaban J connectivity index is 0.00000196. The van der Waals surface area contributed by atoms with Crippen LogP contribution in [0.15, 0.2) is 47.1 Å². The number of benzene rings is 1. The molecule has 1 unspecified atom stereocenters. The van der Waals surface area contributed by atoms with Gasteiger partial charge < -0.3 is 23.6 Å². The zero-order valence-electron chi connectivity index (χ0n) is 14.7. The Labute approximate surface area is 158 Å². The number of nitrogens with one attached hydrogen (secondary N) is 1. The van der Waals surface area contributed by atoms with Crippen LogP contribution in [0, 0.1) is 5.41 Å². The lowest BCUT2D eigenvalue weighted by molar-refractivity contribution is 0.129. The predicted molar refractivity (Wildman–Crippen MR) is 102 cm³/mol. The van der Waals surface area contributed by atoms with Crippen molar-refractivity contribution < 1.29 is 9.52 Å². The van der Waals surface area contributed by atoms with Crippen LogP contribution in [0.3, 0.4) is 0 Å². The van der Waals surface area contributed by atoms with Gasteiger partial charge in [-0.1, -0.05) is 12.1 Å². The van der Waals surface area contributed by atoms with E-state index in [-0.39, 0.29) is 12.4 Å². The lowest BCUT2D eigenvalue weighted by Crippen LogP contribution is -2.31. The number of halogens is 1. The number of imidazole rings is 1. The molecular weight excluding hydrogens is 352 g/mol. The molecule has 1 aliphatic rings. The van der Waals surface area contributed by atoms with Crippen LogP contribution in [0.5, 0.6) is 0 Å². The van der Waals surface area contributed by atoms with Crippen molar-refractivity contribution in [1.29, 1.82) is 5.41 Å². The second kappa shape index (κ2) is 8.12. The molecule has 140 valence electrons. The third-order valence-corrected chi connectivity index (χ3v) is 5.04. The van der Waals surface area contributed by atoms with Gasteiger partial charge in [-0.05, 0) is 50.2 Å². The second-order valence-electron chi connectivity index (χ2n) is 6.65. The summed E-state index contributed by atoms with van der Waals surface area (Å²) in [5.41, 5.74) is 2.43. The average Bonchev–Trinajstić information content (AvgIpc) is 3.36. The molecule has 7 heteroatoms. The molecule has 4 rings (SSSR count). The van der Waals surface area contributed by atoms with Gasteiger partial charge in [-0.3, -0.25) is 5.41 Å². The third kappa shape index (κ3) is 3.58. The molecule has 3 heterocycles. The van der Waals surface area contributed by atoms with Crippen molar-refractivity contribution in [3.8, 4) is 0 Å². The van der Waals surface area contributed by atoms with Crippen LogP contribution in [0.2, 0.25) is 0 Å². The van der Waals surface area contributed by atoms with Crippen molar-refractivity contribution in [3.63, 3.8) is 0 Å². The number of likely N-dealkylation sites (tertiary alicyclic amines) is 1. The number of aliphatic hydroxyl groups is 1. The van der Waals surface area contributed by atoms with Gasteiger partial charge in [-0.25, -0.2) is 0 Å².